The molecule has 27 heavy (non-hydrogen) atoms. The van der Waals surface area contributed by atoms with Crippen LogP contribution in [0.5, 0.6) is 0 Å². The summed E-state index contributed by atoms with van der Waals surface area (Å²) in [6.45, 7) is 3.76. The second-order valence-electron chi connectivity index (χ2n) is 6.88. The fraction of sp³-hybridized carbons (Fsp3) is 0.318. The molecule has 1 atom stereocenters. The number of imidazole rings is 1. The molecule has 2 heterocycles. The molecule has 4 rings (SSSR count). The van der Waals surface area contributed by atoms with Gasteiger partial charge in [0, 0.05) is 32.4 Å². The fourth-order valence-electron chi connectivity index (χ4n) is 3.44. The number of aromatic nitrogens is 2. The van der Waals surface area contributed by atoms with Crippen molar-refractivity contribution in [2.75, 3.05) is 25.4 Å². The molecule has 2 aromatic carbocycles. The zero-order valence-electron chi connectivity index (χ0n) is 15.6. The standard InChI is InChI=1S/C22H25N3OS/c1-24-21(19-10-6-3-7-11-19)14-23-22(24)27-17-20-16-25(12-13-26-20)15-18-8-4-2-5-9-18/h2-11,14,20H,12-13,15-17H2,1H3/t20-/m0/s1. The molecule has 1 aliphatic rings. The fourth-order valence-corrected chi connectivity index (χ4v) is 4.39. The highest BCUT2D eigenvalue weighted by Crippen LogP contribution is 2.26. The molecule has 0 bridgehead atoms. The van der Waals surface area contributed by atoms with E-state index in [0.717, 1.165) is 42.8 Å². The van der Waals surface area contributed by atoms with Crippen LogP contribution in [0.1, 0.15) is 5.56 Å². The largest absolute Gasteiger partial charge is 0.375 e. The van der Waals surface area contributed by atoms with Crippen molar-refractivity contribution in [3.8, 4) is 11.3 Å². The van der Waals surface area contributed by atoms with Gasteiger partial charge in [-0.3, -0.25) is 4.90 Å². The van der Waals surface area contributed by atoms with Gasteiger partial charge < -0.3 is 9.30 Å². The number of morpholine rings is 1. The van der Waals surface area contributed by atoms with E-state index in [1.54, 1.807) is 11.8 Å². The number of rotatable bonds is 6. The first-order valence-electron chi connectivity index (χ1n) is 9.37. The molecule has 0 amide bonds. The molecule has 3 aromatic rings. The van der Waals surface area contributed by atoms with Gasteiger partial charge in [-0.1, -0.05) is 72.4 Å². The van der Waals surface area contributed by atoms with E-state index in [9.17, 15) is 0 Å². The highest BCUT2D eigenvalue weighted by atomic mass is 32.2. The zero-order chi connectivity index (χ0) is 18.5. The normalized spacial score (nSPS) is 17.9. The summed E-state index contributed by atoms with van der Waals surface area (Å²) in [4.78, 5) is 7.10. The van der Waals surface area contributed by atoms with Gasteiger partial charge in [0.2, 0.25) is 0 Å². The highest BCUT2D eigenvalue weighted by molar-refractivity contribution is 7.99. The molecule has 0 aliphatic carbocycles. The Morgan fingerprint density at radius 3 is 2.59 bits per heavy atom. The third-order valence-electron chi connectivity index (χ3n) is 4.89. The Balaban J connectivity index is 1.34. The van der Waals surface area contributed by atoms with Crippen molar-refractivity contribution in [3.05, 3.63) is 72.4 Å². The van der Waals surface area contributed by atoms with E-state index in [4.69, 9.17) is 4.74 Å². The molecular formula is C22H25N3OS. The molecule has 1 aliphatic heterocycles. The SMILES string of the molecule is Cn1c(-c2ccccc2)cnc1SC[C@@H]1CN(Cc2ccccc2)CCO1. The summed E-state index contributed by atoms with van der Waals surface area (Å²) in [6, 6.07) is 21.1. The lowest BCUT2D eigenvalue weighted by Gasteiger charge is -2.32. The highest BCUT2D eigenvalue weighted by Gasteiger charge is 2.21. The second-order valence-corrected chi connectivity index (χ2v) is 7.86. The van der Waals surface area contributed by atoms with Crippen LogP contribution >= 0.6 is 11.8 Å². The lowest BCUT2D eigenvalue weighted by atomic mass is 10.2. The molecule has 1 fully saturated rings. The lowest BCUT2D eigenvalue weighted by Crippen LogP contribution is -2.43. The molecule has 4 nitrogen and oxygen atoms in total. The van der Waals surface area contributed by atoms with E-state index < -0.39 is 0 Å². The maximum atomic E-state index is 6.00. The number of ether oxygens (including phenoxy) is 1. The van der Waals surface area contributed by atoms with Gasteiger partial charge in [0.1, 0.15) is 0 Å². The summed E-state index contributed by atoms with van der Waals surface area (Å²) < 4.78 is 8.17. The average Bonchev–Trinajstić information content (AvgIpc) is 3.09. The van der Waals surface area contributed by atoms with E-state index in [1.165, 1.54) is 11.1 Å². The van der Waals surface area contributed by atoms with Crippen LogP contribution in [-0.4, -0.2) is 46.0 Å². The van der Waals surface area contributed by atoms with Crippen LogP contribution < -0.4 is 0 Å². The van der Waals surface area contributed by atoms with Crippen LogP contribution in [0.25, 0.3) is 11.3 Å². The molecule has 0 spiro atoms. The van der Waals surface area contributed by atoms with E-state index in [1.807, 2.05) is 12.3 Å². The smallest absolute Gasteiger partial charge is 0.168 e. The summed E-state index contributed by atoms with van der Waals surface area (Å²) >= 11 is 1.78. The van der Waals surface area contributed by atoms with Crippen molar-refractivity contribution < 1.29 is 4.74 Å². The van der Waals surface area contributed by atoms with Gasteiger partial charge in [0.05, 0.1) is 24.6 Å². The molecule has 0 unspecified atom stereocenters. The minimum atomic E-state index is 0.240. The van der Waals surface area contributed by atoms with Crippen LogP contribution in [-0.2, 0) is 18.3 Å². The predicted molar refractivity (Wildman–Crippen MR) is 111 cm³/mol. The Bertz CT molecular complexity index is 851. The first-order valence-corrected chi connectivity index (χ1v) is 10.4. The number of thioether (sulfide) groups is 1. The summed E-state index contributed by atoms with van der Waals surface area (Å²) in [5, 5.41) is 1.04. The Kier molecular flexibility index (Phi) is 5.92. The first kappa shape index (κ1) is 18.3. The molecule has 140 valence electrons. The third kappa shape index (κ3) is 4.61. The van der Waals surface area contributed by atoms with Gasteiger partial charge in [0.15, 0.2) is 5.16 Å². The minimum absolute atomic E-state index is 0.240. The van der Waals surface area contributed by atoms with Gasteiger partial charge in [-0.15, -0.1) is 0 Å². The quantitative estimate of drug-likeness (QED) is 0.604. The lowest BCUT2D eigenvalue weighted by molar-refractivity contribution is -0.0187. The van der Waals surface area contributed by atoms with E-state index >= 15 is 0 Å². The van der Waals surface area contributed by atoms with Crippen LogP contribution in [0.4, 0.5) is 0 Å². The Morgan fingerprint density at radius 1 is 1.07 bits per heavy atom. The number of nitrogens with zero attached hydrogens (tertiary/aromatic N) is 3. The van der Waals surface area contributed by atoms with Gasteiger partial charge in [-0.25, -0.2) is 4.98 Å². The van der Waals surface area contributed by atoms with Crippen molar-refractivity contribution in [3.63, 3.8) is 0 Å². The zero-order valence-corrected chi connectivity index (χ0v) is 16.4. The Hall–Kier alpha value is -2.08. The first-order chi connectivity index (χ1) is 13.3. The van der Waals surface area contributed by atoms with Gasteiger partial charge in [0.25, 0.3) is 0 Å². The maximum absolute atomic E-state index is 6.00. The number of hydrogen-bond acceptors (Lipinski definition) is 4. The van der Waals surface area contributed by atoms with Gasteiger partial charge in [-0.05, 0) is 11.1 Å². The molecule has 0 radical (unpaired) electrons. The van der Waals surface area contributed by atoms with E-state index in [-0.39, 0.29) is 6.10 Å². The van der Waals surface area contributed by atoms with Crippen molar-refractivity contribution in [1.29, 1.82) is 0 Å². The number of benzene rings is 2. The van der Waals surface area contributed by atoms with Crippen molar-refractivity contribution in [1.82, 2.24) is 14.5 Å². The van der Waals surface area contributed by atoms with Gasteiger partial charge in [-0.2, -0.15) is 0 Å². The van der Waals surface area contributed by atoms with Crippen LogP contribution in [0.15, 0.2) is 72.0 Å². The molecule has 0 N–H and O–H groups in total. The predicted octanol–water partition coefficient (Wildman–Crippen LogP) is 4.08. The van der Waals surface area contributed by atoms with Crippen molar-refractivity contribution in [2.24, 2.45) is 7.05 Å². The average molecular weight is 380 g/mol. The minimum Gasteiger partial charge on any atom is -0.375 e. The van der Waals surface area contributed by atoms with Crippen LogP contribution in [0.2, 0.25) is 0 Å². The monoisotopic (exact) mass is 379 g/mol. The Morgan fingerprint density at radius 2 is 1.81 bits per heavy atom. The summed E-state index contributed by atoms with van der Waals surface area (Å²) in [5.74, 6) is 0.921. The van der Waals surface area contributed by atoms with E-state index in [2.05, 4.69) is 76.1 Å². The molecule has 0 saturated carbocycles. The Labute approximate surface area is 165 Å². The topological polar surface area (TPSA) is 30.3 Å². The molecule has 5 heteroatoms. The van der Waals surface area contributed by atoms with Crippen molar-refractivity contribution >= 4 is 11.8 Å². The van der Waals surface area contributed by atoms with E-state index in [0.29, 0.717) is 0 Å². The molecule has 1 saturated heterocycles. The molecule has 1 aromatic heterocycles. The molecular weight excluding hydrogens is 354 g/mol. The summed E-state index contributed by atoms with van der Waals surface area (Å²) in [5.41, 5.74) is 3.71. The van der Waals surface area contributed by atoms with Crippen molar-refractivity contribution in [2.45, 2.75) is 17.8 Å². The van der Waals surface area contributed by atoms with Crippen LogP contribution in [0.3, 0.4) is 0 Å². The maximum Gasteiger partial charge on any atom is 0.168 e. The summed E-state index contributed by atoms with van der Waals surface area (Å²) in [6.07, 6.45) is 2.20. The van der Waals surface area contributed by atoms with Gasteiger partial charge >= 0.3 is 0 Å². The third-order valence-corrected chi connectivity index (χ3v) is 6.06. The number of hydrogen-bond donors (Lipinski definition) is 0. The van der Waals surface area contributed by atoms with Crippen LogP contribution in [0, 0.1) is 0 Å². The summed E-state index contributed by atoms with van der Waals surface area (Å²) in [7, 11) is 2.08. The second kappa shape index (κ2) is 8.74.